The summed E-state index contributed by atoms with van der Waals surface area (Å²) in [5, 5.41) is 3.44. The van der Waals surface area contributed by atoms with Crippen molar-refractivity contribution in [2.24, 2.45) is 5.41 Å². The normalized spacial score (nSPS) is 16.6. The van der Waals surface area contributed by atoms with Crippen LogP contribution in [-0.2, 0) is 5.41 Å². The second kappa shape index (κ2) is 5.96. The maximum Gasteiger partial charge on any atom is 0.251 e. The maximum atomic E-state index is 12.4. The van der Waals surface area contributed by atoms with Gasteiger partial charge in [-0.15, -0.1) is 0 Å². The van der Waals surface area contributed by atoms with E-state index in [4.69, 9.17) is 11.6 Å². The third-order valence-electron chi connectivity index (χ3n) is 4.19. The van der Waals surface area contributed by atoms with E-state index in [0.717, 1.165) is 12.2 Å². The number of halogens is 1. The third-order valence-corrected chi connectivity index (χ3v) is 4.38. The molecule has 21 heavy (non-hydrogen) atoms. The molecule has 1 aliphatic rings. The minimum atomic E-state index is -0.125. The average molecular weight is 309 g/mol. The molecule has 2 rings (SSSR count). The van der Waals surface area contributed by atoms with Crippen LogP contribution < -0.4 is 5.32 Å². The highest BCUT2D eigenvalue weighted by molar-refractivity contribution is 6.29. The van der Waals surface area contributed by atoms with Gasteiger partial charge in [-0.3, -0.25) is 4.79 Å². The van der Waals surface area contributed by atoms with Gasteiger partial charge in [-0.25, -0.2) is 4.98 Å². The zero-order valence-corrected chi connectivity index (χ0v) is 14.2. The summed E-state index contributed by atoms with van der Waals surface area (Å²) in [6.45, 7) is 9.15. The molecule has 3 nitrogen and oxygen atoms in total. The van der Waals surface area contributed by atoms with Crippen LogP contribution >= 0.6 is 11.6 Å². The van der Waals surface area contributed by atoms with Crippen LogP contribution in [0.3, 0.4) is 0 Å². The molecule has 116 valence electrons. The highest BCUT2D eigenvalue weighted by Gasteiger charge is 2.41. The van der Waals surface area contributed by atoms with E-state index in [9.17, 15) is 4.79 Å². The topological polar surface area (TPSA) is 42.0 Å². The van der Waals surface area contributed by atoms with E-state index < -0.39 is 0 Å². The fourth-order valence-corrected chi connectivity index (χ4v) is 2.81. The van der Waals surface area contributed by atoms with E-state index in [1.807, 2.05) is 6.07 Å². The Hall–Kier alpha value is -1.09. The zero-order valence-electron chi connectivity index (χ0n) is 13.4. The fourth-order valence-electron chi connectivity index (χ4n) is 2.60. The molecular formula is C17H25ClN2O. The molecule has 0 unspecified atom stereocenters. The van der Waals surface area contributed by atoms with E-state index in [2.05, 4.69) is 38.0 Å². The molecule has 0 saturated heterocycles. The highest BCUT2D eigenvalue weighted by Crippen LogP contribution is 2.48. The smallest absolute Gasteiger partial charge is 0.251 e. The Balaban J connectivity index is 2.07. The first-order valence-electron chi connectivity index (χ1n) is 7.72. The summed E-state index contributed by atoms with van der Waals surface area (Å²) in [6.07, 6.45) is 4.82. The lowest BCUT2D eigenvalue weighted by molar-refractivity contribution is 0.0943. The highest BCUT2D eigenvalue weighted by atomic mass is 35.5. The van der Waals surface area contributed by atoms with E-state index in [1.54, 1.807) is 6.07 Å². The quantitative estimate of drug-likeness (QED) is 0.822. The summed E-state index contributed by atoms with van der Waals surface area (Å²) >= 11 is 6.06. The largest absolute Gasteiger partial charge is 0.351 e. The number of pyridine rings is 1. The van der Waals surface area contributed by atoms with Gasteiger partial charge in [-0.2, -0.15) is 0 Å². The lowest BCUT2D eigenvalue weighted by atomic mass is 9.91. The van der Waals surface area contributed by atoms with Crippen molar-refractivity contribution >= 4 is 17.5 Å². The number of carbonyl (C=O) groups is 1. The fraction of sp³-hybridized carbons (Fsp3) is 0.647. The minimum absolute atomic E-state index is 0.0489. The number of aromatic nitrogens is 1. The molecule has 0 atom stereocenters. The van der Waals surface area contributed by atoms with E-state index in [0.29, 0.717) is 16.1 Å². The first kappa shape index (κ1) is 16.3. The van der Waals surface area contributed by atoms with Gasteiger partial charge in [0.25, 0.3) is 5.91 Å². The molecule has 1 saturated carbocycles. The van der Waals surface area contributed by atoms with E-state index >= 15 is 0 Å². The van der Waals surface area contributed by atoms with Crippen molar-refractivity contribution in [1.82, 2.24) is 10.3 Å². The molecule has 1 aromatic heterocycles. The Morgan fingerprint density at radius 2 is 2.05 bits per heavy atom. The predicted octanol–water partition coefficient (Wildman–Crippen LogP) is 4.34. The van der Waals surface area contributed by atoms with Gasteiger partial charge in [0.1, 0.15) is 5.15 Å². The van der Waals surface area contributed by atoms with Crippen LogP contribution in [0.25, 0.3) is 0 Å². The molecule has 4 heteroatoms. The average Bonchev–Trinajstić information content (AvgIpc) is 3.15. The standard InChI is InChI=1S/C17H25ClN2O/c1-5-6-17(7-8-17)11-19-15(21)12-9-13(16(2,3)4)20-14(18)10-12/h9-10H,5-8,11H2,1-4H3,(H,19,21). The Morgan fingerprint density at radius 1 is 1.38 bits per heavy atom. The summed E-state index contributed by atoms with van der Waals surface area (Å²) in [4.78, 5) is 16.7. The van der Waals surface area contributed by atoms with Crippen LogP contribution in [0.15, 0.2) is 12.1 Å². The number of amides is 1. The van der Waals surface area contributed by atoms with Crippen molar-refractivity contribution in [1.29, 1.82) is 0 Å². The van der Waals surface area contributed by atoms with E-state index in [1.165, 1.54) is 25.7 Å². The lowest BCUT2D eigenvalue weighted by Crippen LogP contribution is -2.30. The van der Waals surface area contributed by atoms with Gasteiger partial charge in [-0.1, -0.05) is 45.7 Å². The van der Waals surface area contributed by atoms with Crippen LogP contribution in [0, 0.1) is 5.41 Å². The first-order valence-corrected chi connectivity index (χ1v) is 8.10. The van der Waals surface area contributed by atoms with Gasteiger partial charge in [0.05, 0.1) is 0 Å². The summed E-state index contributed by atoms with van der Waals surface area (Å²) in [5.74, 6) is -0.0489. The van der Waals surface area contributed by atoms with Crippen LogP contribution in [0.2, 0.25) is 5.15 Å². The molecule has 1 N–H and O–H groups in total. The lowest BCUT2D eigenvalue weighted by Gasteiger charge is -2.19. The number of nitrogens with one attached hydrogen (secondary N) is 1. The monoisotopic (exact) mass is 308 g/mol. The first-order chi connectivity index (χ1) is 9.76. The predicted molar refractivity (Wildman–Crippen MR) is 86.9 cm³/mol. The van der Waals surface area contributed by atoms with Crippen molar-refractivity contribution in [2.45, 2.75) is 58.8 Å². The van der Waals surface area contributed by atoms with E-state index in [-0.39, 0.29) is 11.3 Å². The second-order valence-corrected chi connectivity index (χ2v) is 7.63. The van der Waals surface area contributed by atoms with Crippen LogP contribution in [0.4, 0.5) is 0 Å². The molecule has 1 aliphatic carbocycles. The van der Waals surface area contributed by atoms with Gasteiger partial charge in [0.2, 0.25) is 0 Å². The molecule has 1 aromatic rings. The van der Waals surface area contributed by atoms with Crippen molar-refractivity contribution in [3.63, 3.8) is 0 Å². The maximum absolute atomic E-state index is 12.4. The number of rotatable bonds is 5. The Morgan fingerprint density at radius 3 is 2.57 bits per heavy atom. The molecule has 0 radical (unpaired) electrons. The van der Waals surface area contributed by atoms with Gasteiger partial charge >= 0.3 is 0 Å². The molecule has 0 aliphatic heterocycles. The molecular weight excluding hydrogens is 284 g/mol. The Bertz CT molecular complexity index is 530. The van der Waals surface area contributed by atoms with Gasteiger partial charge in [0, 0.05) is 23.2 Å². The second-order valence-electron chi connectivity index (χ2n) is 7.25. The molecule has 0 aromatic carbocycles. The zero-order chi connectivity index (χ0) is 15.7. The third kappa shape index (κ3) is 4.19. The summed E-state index contributed by atoms with van der Waals surface area (Å²) in [5.41, 5.74) is 1.68. The van der Waals surface area contributed by atoms with Gasteiger partial charge in [-0.05, 0) is 36.8 Å². The van der Waals surface area contributed by atoms with Crippen LogP contribution in [0.1, 0.15) is 69.4 Å². The van der Waals surface area contributed by atoms with Crippen molar-refractivity contribution < 1.29 is 4.79 Å². The van der Waals surface area contributed by atoms with Crippen LogP contribution in [-0.4, -0.2) is 17.4 Å². The molecule has 0 spiro atoms. The number of nitrogens with zero attached hydrogens (tertiary/aromatic N) is 1. The van der Waals surface area contributed by atoms with Crippen molar-refractivity contribution in [2.75, 3.05) is 6.54 Å². The summed E-state index contributed by atoms with van der Waals surface area (Å²) in [7, 11) is 0. The SMILES string of the molecule is CCCC1(CNC(=O)c2cc(Cl)nc(C(C)(C)C)c2)CC1. The number of hydrogen-bond acceptors (Lipinski definition) is 2. The van der Waals surface area contributed by atoms with Crippen molar-refractivity contribution in [3.05, 3.63) is 28.5 Å². The summed E-state index contributed by atoms with van der Waals surface area (Å²) in [6, 6.07) is 3.49. The molecule has 1 fully saturated rings. The van der Waals surface area contributed by atoms with Crippen molar-refractivity contribution in [3.8, 4) is 0 Å². The molecule has 1 amide bonds. The van der Waals surface area contributed by atoms with Crippen LogP contribution in [0.5, 0.6) is 0 Å². The Labute approximate surface area is 132 Å². The molecule has 1 heterocycles. The summed E-state index contributed by atoms with van der Waals surface area (Å²) < 4.78 is 0. The number of carbonyl (C=O) groups excluding carboxylic acids is 1. The molecule has 0 bridgehead atoms. The number of hydrogen-bond donors (Lipinski definition) is 1. The van der Waals surface area contributed by atoms with Gasteiger partial charge in [0.15, 0.2) is 0 Å². The minimum Gasteiger partial charge on any atom is -0.351 e. The van der Waals surface area contributed by atoms with Gasteiger partial charge < -0.3 is 5.32 Å². The Kier molecular flexibility index (Phi) is 4.62.